The van der Waals surface area contributed by atoms with E-state index < -0.39 is 17.4 Å². The van der Waals surface area contributed by atoms with Crippen molar-refractivity contribution in [3.63, 3.8) is 0 Å². The lowest BCUT2D eigenvalue weighted by Gasteiger charge is -2.71. The number of rotatable bonds is 9. The third-order valence-electron chi connectivity index (χ3n) is 16.9. The number of nitrogens with two attached hydrogens (primary N) is 1. The average Bonchev–Trinajstić information content (AvgIpc) is 3.57. The third kappa shape index (κ3) is 5.68. The second-order valence-corrected chi connectivity index (χ2v) is 20.7. The van der Waals surface area contributed by atoms with Gasteiger partial charge in [-0.15, -0.1) is 0 Å². The van der Waals surface area contributed by atoms with Gasteiger partial charge in [0, 0.05) is 28.1 Å². The van der Waals surface area contributed by atoms with E-state index in [2.05, 4.69) is 101 Å². The summed E-state index contributed by atoms with van der Waals surface area (Å²) in [5, 5.41) is 16.1. The Balaban J connectivity index is 1.36. The van der Waals surface area contributed by atoms with Crippen LogP contribution in [0.4, 0.5) is 0 Å². The minimum absolute atomic E-state index is 0.123. The van der Waals surface area contributed by atoms with Crippen molar-refractivity contribution in [2.24, 2.45) is 68.3 Å². The highest BCUT2D eigenvalue weighted by atomic mass is 79.9. The highest BCUT2D eigenvalue weighted by Crippen LogP contribution is 2.75. The van der Waals surface area contributed by atoms with E-state index in [1.807, 2.05) is 12.1 Å². The molecule has 5 aliphatic rings. The fraction of sp³-hybridized carbons (Fsp3) is 0.767. The molecule has 0 aromatic carbocycles. The van der Waals surface area contributed by atoms with Crippen molar-refractivity contribution in [3.05, 3.63) is 40.9 Å². The molecule has 1 aliphatic heterocycles. The van der Waals surface area contributed by atoms with Gasteiger partial charge in [-0.3, -0.25) is 4.79 Å². The summed E-state index contributed by atoms with van der Waals surface area (Å²) >= 11 is 3.58. The Morgan fingerprint density at radius 2 is 1.85 bits per heavy atom. The summed E-state index contributed by atoms with van der Waals surface area (Å²) < 4.78 is 16.8. The number of ether oxygens (including phenoxy) is 2. The van der Waals surface area contributed by atoms with Crippen LogP contribution in [-0.2, 0) is 14.3 Å². The SMILES string of the molecule is CC(C)[C@@H](C)[C@@]1(C)CC[C@]2(C)[C@H]3CC[C@@H]4[C@@]5(COC[C@@]4(C)[C@@H](OC[C@](C)(N)C(C)C)[C@H](n4ncnc4-c4ccnc(Br)c4)C5)C3=CC[C@@]2(C)[C@@H]1C(=O)O. The molecule has 12 atom stereocenters. The van der Waals surface area contributed by atoms with Crippen LogP contribution < -0.4 is 5.73 Å². The first kappa shape index (κ1) is 39.1. The molecule has 2 aromatic rings. The van der Waals surface area contributed by atoms with Crippen LogP contribution in [0.3, 0.4) is 0 Å². The van der Waals surface area contributed by atoms with Crippen LogP contribution in [0.2, 0.25) is 0 Å². The van der Waals surface area contributed by atoms with Crippen molar-refractivity contribution < 1.29 is 19.4 Å². The Hall–Kier alpha value is -2.14. The number of fused-ring (bicyclic) bond motifs is 3. The lowest BCUT2D eigenvalue weighted by molar-refractivity contribution is -0.252. The van der Waals surface area contributed by atoms with Crippen LogP contribution in [0.1, 0.15) is 114 Å². The zero-order valence-electron chi connectivity index (χ0n) is 33.8. The molecule has 292 valence electrons. The van der Waals surface area contributed by atoms with Gasteiger partial charge in [0.25, 0.3) is 0 Å². The molecule has 0 unspecified atom stereocenters. The van der Waals surface area contributed by atoms with E-state index >= 15 is 0 Å². The van der Waals surface area contributed by atoms with Crippen molar-refractivity contribution in [1.82, 2.24) is 19.7 Å². The van der Waals surface area contributed by atoms with Gasteiger partial charge < -0.3 is 20.3 Å². The van der Waals surface area contributed by atoms with Gasteiger partial charge >= 0.3 is 5.97 Å². The zero-order chi connectivity index (χ0) is 38.5. The molecule has 7 rings (SSSR count). The van der Waals surface area contributed by atoms with Crippen molar-refractivity contribution >= 4 is 21.9 Å². The van der Waals surface area contributed by atoms with Crippen molar-refractivity contribution in [2.45, 2.75) is 125 Å². The first-order valence-electron chi connectivity index (χ1n) is 20.2. The Kier molecular flexibility index (Phi) is 9.76. The molecule has 0 spiro atoms. The van der Waals surface area contributed by atoms with Crippen LogP contribution in [0.5, 0.6) is 0 Å². The number of nitrogens with zero attached hydrogens (tertiary/aromatic N) is 4. The minimum atomic E-state index is -0.627. The maximum atomic E-state index is 13.6. The fourth-order valence-electron chi connectivity index (χ4n) is 12.8. The van der Waals surface area contributed by atoms with Gasteiger partial charge in [-0.2, -0.15) is 5.10 Å². The molecule has 10 heteroatoms. The molecule has 9 nitrogen and oxygen atoms in total. The molecule has 0 radical (unpaired) electrons. The number of carboxylic acids is 1. The summed E-state index contributed by atoms with van der Waals surface area (Å²) in [4.78, 5) is 22.8. The lowest BCUT2D eigenvalue weighted by atomic mass is 9.34. The molecule has 3 N–H and O–H groups in total. The largest absolute Gasteiger partial charge is 0.481 e. The molecule has 2 bridgehead atoms. The van der Waals surface area contributed by atoms with E-state index in [0.717, 1.165) is 54.5 Å². The van der Waals surface area contributed by atoms with Gasteiger partial charge in [0.05, 0.1) is 37.9 Å². The van der Waals surface area contributed by atoms with Gasteiger partial charge in [-0.05, 0) is 119 Å². The average molecular weight is 795 g/mol. The van der Waals surface area contributed by atoms with E-state index in [0.29, 0.717) is 37.6 Å². The van der Waals surface area contributed by atoms with Crippen molar-refractivity contribution in [3.8, 4) is 11.4 Å². The van der Waals surface area contributed by atoms with Crippen molar-refractivity contribution in [1.29, 1.82) is 0 Å². The van der Waals surface area contributed by atoms with Crippen LogP contribution in [0, 0.1) is 62.6 Å². The van der Waals surface area contributed by atoms with Gasteiger partial charge in [0.1, 0.15) is 10.9 Å². The molecular weight excluding hydrogens is 730 g/mol. The molecule has 4 fully saturated rings. The first-order chi connectivity index (χ1) is 24.8. The number of halogens is 1. The molecule has 3 saturated carbocycles. The highest BCUT2D eigenvalue weighted by molar-refractivity contribution is 9.10. The van der Waals surface area contributed by atoms with E-state index in [1.54, 1.807) is 12.5 Å². The van der Waals surface area contributed by atoms with Crippen LogP contribution in [0.15, 0.2) is 40.9 Å². The normalized spacial score (nSPS) is 41.2. The number of hydrogen-bond donors (Lipinski definition) is 2. The summed E-state index contributed by atoms with van der Waals surface area (Å²) in [6.07, 6.45) is 11.4. The third-order valence-corrected chi connectivity index (χ3v) is 17.3. The molecular formula is C43H64BrN5O4. The van der Waals surface area contributed by atoms with E-state index in [9.17, 15) is 9.90 Å². The molecule has 0 amide bonds. The Bertz CT molecular complexity index is 1760. The monoisotopic (exact) mass is 793 g/mol. The highest BCUT2D eigenvalue weighted by Gasteiger charge is 2.72. The van der Waals surface area contributed by atoms with Gasteiger partial charge in [-0.25, -0.2) is 14.6 Å². The number of allylic oxidation sites excluding steroid dienone is 1. The van der Waals surface area contributed by atoms with Crippen LogP contribution in [0.25, 0.3) is 11.4 Å². The standard InChI is InChI=1S/C43H64BrN5O4/c1-25(2)27(5)38(6)16-17-40(8)29-11-12-32-39(7)21-52-23-43(32,30(29)13-15-41(40,9)34(38)37(50)51)20-31(35(39)53-22-42(10,45)26(3)4)49-36(47-24-48-49)28-14-18-46-33(44)19-28/h13-14,18-19,24-27,29,31-32,34-35H,11-12,15-17,20-23,45H2,1-10H3,(H,50,51)/t27-,29+,31-,32+,34-,35+,38-,39-,40-,41+,42+,43+/m1/s1. The number of carboxylic acid groups (broad SMARTS) is 1. The lowest BCUT2D eigenvalue weighted by Crippen LogP contribution is -2.69. The summed E-state index contributed by atoms with van der Waals surface area (Å²) in [5.41, 5.74) is 7.48. The van der Waals surface area contributed by atoms with Crippen molar-refractivity contribution in [2.75, 3.05) is 19.8 Å². The second-order valence-electron chi connectivity index (χ2n) is 19.9. The zero-order valence-corrected chi connectivity index (χ0v) is 35.4. The molecule has 1 saturated heterocycles. The Labute approximate surface area is 325 Å². The number of carbonyl (C=O) groups is 1. The smallest absolute Gasteiger partial charge is 0.307 e. The van der Waals surface area contributed by atoms with E-state index in [-0.39, 0.29) is 51.1 Å². The maximum Gasteiger partial charge on any atom is 0.307 e. The Morgan fingerprint density at radius 3 is 2.51 bits per heavy atom. The molecule has 4 aliphatic carbocycles. The van der Waals surface area contributed by atoms with Gasteiger partial charge in [0.2, 0.25) is 0 Å². The topological polar surface area (TPSA) is 125 Å². The quantitative estimate of drug-likeness (QED) is 0.191. The summed E-state index contributed by atoms with van der Waals surface area (Å²) in [6.45, 7) is 24.4. The maximum absolute atomic E-state index is 13.6. The number of pyridine rings is 1. The predicted octanol–water partition coefficient (Wildman–Crippen LogP) is 8.99. The predicted molar refractivity (Wildman–Crippen MR) is 211 cm³/mol. The Morgan fingerprint density at radius 1 is 1.11 bits per heavy atom. The number of aromatic nitrogens is 4. The number of aliphatic carboxylic acids is 1. The first-order valence-corrected chi connectivity index (χ1v) is 21.0. The minimum Gasteiger partial charge on any atom is -0.481 e. The summed E-state index contributed by atoms with van der Waals surface area (Å²) in [6, 6.07) is 3.87. The summed E-state index contributed by atoms with van der Waals surface area (Å²) in [7, 11) is 0. The van der Waals surface area contributed by atoms with Gasteiger partial charge in [-0.1, -0.05) is 74.0 Å². The van der Waals surface area contributed by atoms with Gasteiger partial charge in [0.15, 0.2) is 5.82 Å². The molecule has 3 heterocycles. The summed E-state index contributed by atoms with van der Waals surface area (Å²) in [5.74, 6) is 1.32. The van der Waals surface area contributed by atoms with E-state index in [4.69, 9.17) is 25.3 Å². The molecule has 2 aromatic heterocycles. The molecule has 53 heavy (non-hydrogen) atoms. The van der Waals surface area contributed by atoms with Crippen LogP contribution >= 0.6 is 15.9 Å². The van der Waals surface area contributed by atoms with Crippen LogP contribution in [-0.4, -0.2) is 62.3 Å². The van der Waals surface area contributed by atoms with E-state index in [1.165, 1.54) is 5.57 Å². The second kappa shape index (κ2) is 13.2. The number of hydrogen-bond acceptors (Lipinski definition) is 7. The fourth-order valence-corrected chi connectivity index (χ4v) is 13.2.